The largest absolute Gasteiger partial charge is 0.350 e. The summed E-state index contributed by atoms with van der Waals surface area (Å²) < 4.78 is 0. The van der Waals surface area contributed by atoms with Gasteiger partial charge in [-0.25, -0.2) is 0 Å². The number of rotatable bonds is 14. The third-order valence-corrected chi connectivity index (χ3v) is 4.54. The average Bonchev–Trinajstić information content (AvgIpc) is 2.41. The first-order valence-electron chi connectivity index (χ1n) is 8.48. The van der Waals surface area contributed by atoms with Crippen molar-refractivity contribution in [2.75, 3.05) is 5.75 Å². The van der Waals surface area contributed by atoms with Crippen LogP contribution in [-0.2, 0) is 0 Å². The fourth-order valence-corrected chi connectivity index (χ4v) is 3.07. The van der Waals surface area contributed by atoms with Crippen molar-refractivity contribution in [2.24, 2.45) is 0 Å². The van der Waals surface area contributed by atoms with Gasteiger partial charge in [-0.15, -0.1) is 0 Å². The van der Waals surface area contributed by atoms with Crippen molar-refractivity contribution in [3.63, 3.8) is 0 Å². The first kappa shape index (κ1) is 23.1. The van der Waals surface area contributed by atoms with Crippen LogP contribution in [0.1, 0.15) is 97.3 Å². The monoisotopic (exact) mass is 407 g/mol. The molecule has 0 unspecified atom stereocenters. The van der Waals surface area contributed by atoms with Crippen LogP contribution in [0.3, 0.4) is 0 Å². The Kier molecular flexibility index (Phi) is 22.9. The van der Waals surface area contributed by atoms with E-state index in [2.05, 4.69) is 13.8 Å². The van der Waals surface area contributed by atoms with Gasteiger partial charge in [0.05, 0.1) is 6.42 Å². The van der Waals surface area contributed by atoms with Crippen LogP contribution < -0.4 is 0 Å². The summed E-state index contributed by atoms with van der Waals surface area (Å²) in [4.78, 5) is 9.77. The van der Waals surface area contributed by atoms with Crippen LogP contribution in [0.2, 0.25) is 0 Å². The van der Waals surface area contributed by atoms with E-state index in [0.717, 1.165) is 12.2 Å². The van der Waals surface area contributed by atoms with Crippen LogP contribution in [0.25, 0.3) is 0 Å². The molecule has 0 saturated heterocycles. The molecule has 0 aliphatic rings. The second-order valence-corrected chi connectivity index (χ2v) is 6.70. The van der Waals surface area contributed by atoms with Gasteiger partial charge in [0.2, 0.25) is 0 Å². The predicted octanol–water partition coefficient (Wildman–Crippen LogP) is 5.95. The SMILES string of the molecule is CCCCCCCCSC(=[OH+])CCCCCCCC.[Sn]. The topological polar surface area (TPSA) is 21.4 Å². The molecule has 20 heavy (non-hydrogen) atoms. The number of unbranched alkanes of at least 4 members (excludes halogenated alkanes) is 10. The standard InChI is InChI=1S/C17H34OS.Sn/c1-3-5-7-9-11-13-15-17(18)19-16-14-12-10-8-6-4-2;/h3-16H2,1-2H3;/p+1. The Labute approximate surface area is 148 Å². The summed E-state index contributed by atoms with van der Waals surface area (Å²) in [5, 5.41) is 0.670. The van der Waals surface area contributed by atoms with Gasteiger partial charge in [-0.3, -0.25) is 4.79 Å². The molecule has 0 spiro atoms. The van der Waals surface area contributed by atoms with E-state index in [1.807, 2.05) is 0 Å². The smallest absolute Gasteiger partial charge is 0.272 e. The van der Waals surface area contributed by atoms with Crippen LogP contribution >= 0.6 is 11.8 Å². The molecular formula is C17H35OSSn+. The second-order valence-electron chi connectivity index (χ2n) is 5.53. The third kappa shape index (κ3) is 18.8. The van der Waals surface area contributed by atoms with Gasteiger partial charge in [0.1, 0.15) is 0 Å². The summed E-state index contributed by atoms with van der Waals surface area (Å²) in [6.07, 6.45) is 16.8. The first-order valence-corrected chi connectivity index (χ1v) is 9.47. The summed E-state index contributed by atoms with van der Waals surface area (Å²) in [6, 6.07) is 0. The fourth-order valence-electron chi connectivity index (χ4n) is 2.20. The van der Waals surface area contributed by atoms with E-state index in [9.17, 15) is 4.79 Å². The molecule has 1 nitrogen and oxygen atoms in total. The number of thioether (sulfide) groups is 1. The Bertz CT molecular complexity index is 197. The Hall–Kier alpha value is 0.819. The fraction of sp³-hybridized carbons (Fsp3) is 0.941. The van der Waals surface area contributed by atoms with Crippen LogP contribution in [0.5, 0.6) is 0 Å². The maximum Gasteiger partial charge on any atom is 0.350 e. The molecule has 0 rings (SSSR count). The van der Waals surface area contributed by atoms with E-state index in [1.54, 1.807) is 11.8 Å². The van der Waals surface area contributed by atoms with Crippen molar-refractivity contribution in [2.45, 2.75) is 97.3 Å². The van der Waals surface area contributed by atoms with Crippen molar-refractivity contribution < 1.29 is 4.79 Å². The summed E-state index contributed by atoms with van der Waals surface area (Å²) >= 11 is 1.68. The maximum absolute atomic E-state index is 9.77. The minimum atomic E-state index is 0. The molecule has 4 radical (unpaired) electrons. The molecular weight excluding hydrogens is 371 g/mol. The van der Waals surface area contributed by atoms with Crippen LogP contribution in [0.4, 0.5) is 0 Å². The van der Waals surface area contributed by atoms with Crippen LogP contribution in [-0.4, -0.2) is 39.6 Å². The van der Waals surface area contributed by atoms with Gasteiger partial charge in [-0.05, 0) is 24.6 Å². The average molecular weight is 406 g/mol. The van der Waals surface area contributed by atoms with Gasteiger partial charge in [-0.2, -0.15) is 0 Å². The van der Waals surface area contributed by atoms with Gasteiger partial charge in [0.25, 0.3) is 0 Å². The second kappa shape index (κ2) is 19.8. The summed E-state index contributed by atoms with van der Waals surface area (Å²) in [6.45, 7) is 4.50. The Morgan fingerprint density at radius 3 is 1.70 bits per heavy atom. The molecule has 0 atom stereocenters. The molecule has 0 heterocycles. The maximum atomic E-state index is 9.77. The van der Waals surface area contributed by atoms with Gasteiger partial charge >= 0.3 is 5.12 Å². The molecule has 0 saturated carbocycles. The molecule has 0 aromatic heterocycles. The van der Waals surface area contributed by atoms with Crippen molar-refractivity contribution in [3.05, 3.63) is 0 Å². The van der Waals surface area contributed by atoms with Crippen LogP contribution in [0, 0.1) is 0 Å². The van der Waals surface area contributed by atoms with Gasteiger partial charge in [0.15, 0.2) is 0 Å². The zero-order valence-corrected chi connectivity index (χ0v) is 17.4. The van der Waals surface area contributed by atoms with Crippen molar-refractivity contribution in [1.29, 1.82) is 0 Å². The van der Waals surface area contributed by atoms with E-state index >= 15 is 0 Å². The molecule has 0 aliphatic heterocycles. The minimum absolute atomic E-state index is 0. The Balaban J connectivity index is 0. The van der Waals surface area contributed by atoms with Gasteiger partial charge < -0.3 is 0 Å². The van der Waals surface area contributed by atoms with E-state index in [1.165, 1.54) is 77.0 Å². The quantitative estimate of drug-likeness (QED) is 0.198. The molecule has 0 fully saturated rings. The Morgan fingerprint density at radius 2 is 1.15 bits per heavy atom. The number of carbonyl (C=O) groups excluding carboxylic acids is 1. The van der Waals surface area contributed by atoms with Crippen molar-refractivity contribution in [3.8, 4) is 0 Å². The molecule has 0 bridgehead atoms. The number of hydrogen-bond donors (Lipinski definition) is 0. The van der Waals surface area contributed by atoms with E-state index in [0.29, 0.717) is 5.12 Å². The Morgan fingerprint density at radius 1 is 0.700 bits per heavy atom. The number of hydrogen-bond acceptors (Lipinski definition) is 1. The molecule has 3 heteroatoms. The third-order valence-electron chi connectivity index (χ3n) is 3.51. The predicted molar refractivity (Wildman–Crippen MR) is 96.5 cm³/mol. The van der Waals surface area contributed by atoms with Crippen LogP contribution in [0.15, 0.2) is 0 Å². The minimum Gasteiger partial charge on any atom is -0.272 e. The zero-order valence-electron chi connectivity index (χ0n) is 13.8. The van der Waals surface area contributed by atoms with E-state index < -0.39 is 0 Å². The first-order chi connectivity index (χ1) is 9.31. The van der Waals surface area contributed by atoms with E-state index in [-0.39, 0.29) is 23.9 Å². The zero-order chi connectivity index (χ0) is 14.2. The normalized spacial score (nSPS) is 10.3. The van der Waals surface area contributed by atoms with Crippen molar-refractivity contribution in [1.82, 2.24) is 0 Å². The summed E-state index contributed by atoms with van der Waals surface area (Å²) in [7, 11) is 0. The molecule has 0 aromatic carbocycles. The van der Waals surface area contributed by atoms with E-state index in [4.69, 9.17) is 0 Å². The summed E-state index contributed by atoms with van der Waals surface area (Å²) in [5.74, 6) is 1.10. The summed E-state index contributed by atoms with van der Waals surface area (Å²) in [5.41, 5.74) is 0. The molecule has 0 amide bonds. The van der Waals surface area contributed by atoms with Gasteiger partial charge in [-0.1, -0.05) is 78.1 Å². The molecule has 0 aliphatic carbocycles. The van der Waals surface area contributed by atoms with Gasteiger partial charge in [0, 0.05) is 29.7 Å². The molecule has 1 N–H and O–H groups in total. The molecule has 118 valence electrons. The molecule has 0 aromatic rings. The van der Waals surface area contributed by atoms with Crippen molar-refractivity contribution >= 4 is 40.8 Å².